The molecule has 2 aliphatic rings. The van der Waals surface area contributed by atoms with E-state index >= 15 is 0 Å². The Morgan fingerprint density at radius 1 is 0.623 bits per heavy atom. The number of hydrogen-bond donors (Lipinski definition) is 2. The van der Waals surface area contributed by atoms with Crippen molar-refractivity contribution in [3.05, 3.63) is 100 Å². The lowest BCUT2D eigenvalue weighted by Gasteiger charge is -2.41. The Balaban J connectivity index is 0. The van der Waals surface area contributed by atoms with Gasteiger partial charge in [0.2, 0.25) is 0 Å². The molecule has 0 spiro atoms. The molecule has 0 atom stereocenters. The summed E-state index contributed by atoms with van der Waals surface area (Å²) in [5.74, 6) is 2.10. The number of likely N-dealkylation sites (tertiary alicyclic amines) is 2. The van der Waals surface area contributed by atoms with E-state index in [4.69, 9.17) is 71.6 Å². The number of hydrogen-bond acceptors (Lipinski definition) is 10. The number of nitriles is 2. The van der Waals surface area contributed by atoms with Crippen LogP contribution in [0.1, 0.15) is 112 Å². The van der Waals surface area contributed by atoms with Gasteiger partial charge in [0.25, 0.3) is 0 Å². The van der Waals surface area contributed by atoms with Crippen molar-refractivity contribution in [3.8, 4) is 12.1 Å². The number of nitrogens with one attached hydrogen (secondary N) is 1. The van der Waals surface area contributed by atoms with Gasteiger partial charge in [0.1, 0.15) is 16.8 Å². The molecule has 3 aromatic carbocycles. The molecule has 3 aromatic rings. The average molecular weight is 1510 g/mol. The van der Waals surface area contributed by atoms with Crippen molar-refractivity contribution in [1.29, 1.82) is 10.5 Å². The van der Waals surface area contributed by atoms with E-state index < -0.39 is 22.2 Å². The zero-order valence-electron chi connectivity index (χ0n) is 45.5. The second-order valence-electron chi connectivity index (χ2n) is 20.6. The normalized spacial score (nSPS) is 14.3. The van der Waals surface area contributed by atoms with E-state index in [1.165, 1.54) is 17.6 Å². The Morgan fingerprint density at radius 2 is 0.987 bits per heavy atom. The van der Waals surface area contributed by atoms with Crippen molar-refractivity contribution in [3.63, 3.8) is 0 Å². The van der Waals surface area contributed by atoms with Crippen LogP contribution in [0, 0.1) is 33.4 Å². The number of halogens is 8. The van der Waals surface area contributed by atoms with E-state index in [2.05, 4.69) is 109 Å². The van der Waals surface area contributed by atoms with Crippen molar-refractivity contribution in [2.75, 3.05) is 82.4 Å². The maximum Gasteiger partial charge on any atom is 0.410 e. The van der Waals surface area contributed by atoms with E-state index in [0.717, 1.165) is 40.6 Å². The highest BCUT2D eigenvalue weighted by Crippen LogP contribution is 2.37. The van der Waals surface area contributed by atoms with Gasteiger partial charge in [-0.3, -0.25) is 0 Å². The average Bonchev–Trinajstić information content (AvgIpc) is 3.34. The summed E-state index contributed by atoms with van der Waals surface area (Å²) in [4.78, 5) is 40.8. The largest absolute Gasteiger partial charge is 0.444 e. The number of benzene rings is 3. The van der Waals surface area contributed by atoms with Crippen molar-refractivity contribution in [1.82, 2.24) is 20.0 Å². The second-order valence-corrected chi connectivity index (χ2v) is 25.8. The number of carbonyl (C=O) groups is 3. The third-order valence-corrected chi connectivity index (χ3v) is 14.1. The van der Waals surface area contributed by atoms with Gasteiger partial charge in [-0.1, -0.05) is 43.8 Å². The fourth-order valence-corrected chi connectivity index (χ4v) is 9.02. The summed E-state index contributed by atoms with van der Waals surface area (Å²) in [7, 11) is 0. The first kappa shape index (κ1) is 77.1. The van der Waals surface area contributed by atoms with Gasteiger partial charge < -0.3 is 40.0 Å². The lowest BCUT2D eigenvalue weighted by molar-refractivity contribution is 0.0162. The van der Waals surface area contributed by atoms with Gasteiger partial charge in [-0.15, -0.1) is 58.8 Å². The minimum atomic E-state index is -0.497. The summed E-state index contributed by atoms with van der Waals surface area (Å²) >= 11 is 28.6. The van der Waals surface area contributed by atoms with Gasteiger partial charge in [-0.2, -0.15) is 10.5 Å². The summed E-state index contributed by atoms with van der Waals surface area (Å²) in [6.07, 6.45) is 2.68. The van der Waals surface area contributed by atoms with Crippen LogP contribution >= 0.6 is 127 Å². The molecule has 77 heavy (non-hydrogen) atoms. The van der Waals surface area contributed by atoms with Crippen molar-refractivity contribution >= 4 is 145 Å². The van der Waals surface area contributed by atoms with E-state index in [1.807, 2.05) is 111 Å². The van der Waals surface area contributed by atoms with Crippen LogP contribution in [0.15, 0.2) is 72.8 Å². The smallest absolute Gasteiger partial charge is 0.410 e. The van der Waals surface area contributed by atoms with Crippen LogP contribution in [-0.4, -0.2) is 132 Å². The van der Waals surface area contributed by atoms with Crippen LogP contribution in [0.25, 0.3) is 0 Å². The molecule has 3 amide bonds. The van der Waals surface area contributed by atoms with Crippen molar-refractivity contribution in [2.45, 2.75) is 129 Å². The number of ether oxygens (including phenoxy) is 3. The van der Waals surface area contributed by atoms with E-state index in [-0.39, 0.29) is 43.5 Å². The topological polar surface area (TPSA) is 174 Å². The van der Waals surface area contributed by atoms with Crippen molar-refractivity contribution < 1.29 is 28.6 Å². The van der Waals surface area contributed by atoms with E-state index in [1.54, 1.807) is 9.80 Å². The first-order valence-corrected chi connectivity index (χ1v) is 30.2. The van der Waals surface area contributed by atoms with Gasteiger partial charge in [-0.05, 0) is 209 Å². The summed E-state index contributed by atoms with van der Waals surface area (Å²) in [5.41, 5.74) is 7.56. The second kappa shape index (κ2) is 39.4. The molecule has 2 aliphatic heterocycles. The van der Waals surface area contributed by atoms with Crippen LogP contribution in [0.2, 0.25) is 0 Å². The standard InChI is InChI=1S/C17H25IN2O2.C17H21IN2O2.C9H17Cl2NO2.C8H6IN.C4H9Cl2N.CH4.ClH/c2*1-16(2,3)22-15(21)20-10-8-17(12-19,9-11-20)13-4-6-14(18)7-5-13;1-9(2,3)14-8(13)12(6-4-10)7-5-11;9-8-3-1-7(2-4-8)5-6-10;5-1-3-7-4-2-6;;/h4-7H,8-12,19H2,1-3H3;4-7H,8-11H2,1-3H3;4-7H2,1-3H3;1-4H,5H2;7H,1-4H2;1H4;1H. The fraction of sp³-hybridized carbons (Fsp3) is 0.589. The molecule has 0 radical (unpaired) electrons. The summed E-state index contributed by atoms with van der Waals surface area (Å²) in [6.45, 7) is 22.5. The molecule has 3 N–H and O–H groups in total. The number of piperidine rings is 2. The third kappa shape index (κ3) is 31.7. The Morgan fingerprint density at radius 3 is 1.31 bits per heavy atom. The van der Waals surface area contributed by atoms with E-state index in [0.29, 0.717) is 88.6 Å². The number of rotatable bonds is 12. The predicted octanol–water partition coefficient (Wildman–Crippen LogP) is 14.8. The highest BCUT2D eigenvalue weighted by molar-refractivity contribution is 14.1. The van der Waals surface area contributed by atoms with Gasteiger partial charge in [0.15, 0.2) is 0 Å². The first-order chi connectivity index (χ1) is 35.2. The van der Waals surface area contributed by atoms with Gasteiger partial charge in [0, 0.05) is 98.5 Å². The Labute approximate surface area is 528 Å². The molecule has 13 nitrogen and oxygen atoms in total. The molecule has 0 unspecified atom stereocenters. The quantitative estimate of drug-likeness (QED) is 0.0769. The summed E-state index contributed by atoms with van der Waals surface area (Å²) in [5, 5.41) is 21.0. The Bertz CT molecular complexity index is 2190. The predicted molar refractivity (Wildman–Crippen MR) is 346 cm³/mol. The molecule has 0 bridgehead atoms. The third-order valence-electron chi connectivity index (χ3n) is 11.2. The zero-order chi connectivity index (χ0) is 56.9. The molecule has 434 valence electrons. The number of alkyl halides is 4. The molecular formula is C56H83Cl5I3N7O6. The molecule has 0 aliphatic carbocycles. The number of nitrogens with two attached hydrogens (primary N) is 1. The number of amides is 3. The number of nitrogens with zero attached hydrogens (tertiary/aromatic N) is 5. The SMILES string of the molecule is C.CC(C)(C)OC(=O)N(CCCl)CCCl.CC(C)(C)OC(=O)N1CCC(C#N)(c2ccc(I)cc2)CC1.CC(C)(C)OC(=O)N1CCC(CN)(c2ccc(I)cc2)CC1.Cl.ClCCNCCCl.N#CCc1ccc(I)cc1. The molecule has 0 aromatic heterocycles. The molecule has 21 heteroatoms. The molecule has 2 heterocycles. The molecule has 0 saturated carbocycles. The zero-order valence-corrected chi connectivity index (χ0v) is 55.8. The highest BCUT2D eigenvalue weighted by atomic mass is 127. The molecule has 2 saturated heterocycles. The number of carbonyl (C=O) groups excluding carboxylic acids is 3. The lowest BCUT2D eigenvalue weighted by atomic mass is 9.73. The minimum Gasteiger partial charge on any atom is -0.444 e. The molecule has 5 rings (SSSR count). The van der Waals surface area contributed by atoms with Crippen LogP contribution in [0.4, 0.5) is 14.4 Å². The monoisotopic (exact) mass is 1510 g/mol. The van der Waals surface area contributed by atoms with Crippen LogP contribution in [0.3, 0.4) is 0 Å². The first-order valence-electron chi connectivity index (χ1n) is 24.8. The van der Waals surface area contributed by atoms with Crippen LogP contribution in [0.5, 0.6) is 0 Å². The van der Waals surface area contributed by atoms with Crippen molar-refractivity contribution in [2.24, 2.45) is 5.73 Å². The van der Waals surface area contributed by atoms with Gasteiger partial charge in [-0.25, -0.2) is 14.4 Å². The maximum atomic E-state index is 12.2. The minimum absolute atomic E-state index is 0. The maximum absolute atomic E-state index is 12.2. The van der Waals surface area contributed by atoms with E-state index in [9.17, 15) is 19.6 Å². The summed E-state index contributed by atoms with van der Waals surface area (Å²) < 4.78 is 19.6. The fourth-order valence-electron chi connectivity index (χ4n) is 7.27. The van der Waals surface area contributed by atoms with Crippen LogP contribution in [-0.2, 0) is 31.5 Å². The highest BCUT2D eigenvalue weighted by Gasteiger charge is 2.39. The lowest BCUT2D eigenvalue weighted by Crippen LogP contribution is -2.49. The van der Waals surface area contributed by atoms with Gasteiger partial charge in [0.05, 0.1) is 24.0 Å². The molecule has 2 fully saturated rings. The van der Waals surface area contributed by atoms with Gasteiger partial charge >= 0.3 is 18.3 Å². The Kier molecular flexibility index (Phi) is 39.5. The molecular weight excluding hydrogens is 1420 g/mol. The van der Waals surface area contributed by atoms with Crippen LogP contribution < -0.4 is 11.1 Å². The summed E-state index contributed by atoms with van der Waals surface area (Å²) in [6, 6.07) is 29.2. The Hall–Kier alpha value is -1.99.